The molecule has 0 amide bonds. The highest BCUT2D eigenvalue weighted by atomic mass is 35.5. The van der Waals surface area contributed by atoms with E-state index in [1.165, 1.54) is 0 Å². The number of Topliss-reactive ketones (excluding diaryl/α,β-unsaturated/α-hetero) is 1. The van der Waals surface area contributed by atoms with Crippen molar-refractivity contribution in [1.82, 2.24) is 0 Å². The van der Waals surface area contributed by atoms with E-state index in [2.05, 4.69) is 12.1 Å². The zero-order valence-corrected chi connectivity index (χ0v) is 19.9. The summed E-state index contributed by atoms with van der Waals surface area (Å²) in [6.07, 6.45) is 3.78. The van der Waals surface area contributed by atoms with Gasteiger partial charge in [0.05, 0.1) is 18.2 Å². The van der Waals surface area contributed by atoms with Crippen molar-refractivity contribution < 1.29 is 4.79 Å². The summed E-state index contributed by atoms with van der Waals surface area (Å²) in [7, 11) is 0. The Hall–Kier alpha value is -4.38. The fourth-order valence-corrected chi connectivity index (χ4v) is 6.08. The average Bonchev–Trinajstić information content (AvgIpc) is 3.23. The summed E-state index contributed by atoms with van der Waals surface area (Å²) in [5, 5.41) is 23.8. The van der Waals surface area contributed by atoms with E-state index in [0.717, 1.165) is 27.6 Å². The lowest BCUT2D eigenvalue weighted by molar-refractivity contribution is 0.0951. The second-order valence-electron chi connectivity index (χ2n) is 9.23. The summed E-state index contributed by atoms with van der Waals surface area (Å²) in [6, 6.07) is 31.8. The Kier molecular flexibility index (Phi) is 5.15. The topological polar surface area (TPSA) is 67.9 Å². The van der Waals surface area contributed by atoms with Crippen LogP contribution in [0.2, 0.25) is 5.02 Å². The molecule has 0 N–H and O–H groups in total. The van der Waals surface area contributed by atoms with Crippen LogP contribution < -0.4 is 4.90 Å². The van der Waals surface area contributed by atoms with Crippen molar-refractivity contribution in [2.75, 3.05) is 4.90 Å². The third kappa shape index (κ3) is 3.09. The molecule has 1 saturated heterocycles. The lowest BCUT2D eigenvalue weighted by atomic mass is 9.68. The Morgan fingerprint density at radius 1 is 0.889 bits per heavy atom. The first kappa shape index (κ1) is 22.1. The summed E-state index contributed by atoms with van der Waals surface area (Å²) in [5.41, 5.74) is 1.52. The number of hydrogen-bond acceptors (Lipinski definition) is 4. The van der Waals surface area contributed by atoms with Crippen LogP contribution in [0.5, 0.6) is 0 Å². The van der Waals surface area contributed by atoms with Crippen molar-refractivity contribution in [2.24, 2.45) is 5.41 Å². The molecule has 2 heterocycles. The van der Waals surface area contributed by atoms with Gasteiger partial charge in [-0.05, 0) is 40.1 Å². The van der Waals surface area contributed by atoms with Crippen molar-refractivity contribution >= 4 is 39.9 Å². The SMILES string of the molecule is N#CC1(C#N)[C@@H]2C=Cc3cc(Cl)ccc3N2[C@@H](C(=O)c2ccccc2)[C@@H]1c1cccc2ccccc12. The molecule has 0 aromatic heterocycles. The second-order valence-corrected chi connectivity index (χ2v) is 9.66. The monoisotopic (exact) mass is 485 g/mol. The number of halogens is 1. The quantitative estimate of drug-likeness (QED) is 0.300. The first-order valence-electron chi connectivity index (χ1n) is 11.7. The van der Waals surface area contributed by atoms with Gasteiger partial charge in [0.2, 0.25) is 0 Å². The molecule has 3 atom stereocenters. The minimum absolute atomic E-state index is 0.123. The van der Waals surface area contributed by atoms with Gasteiger partial charge in [-0.1, -0.05) is 96.5 Å². The summed E-state index contributed by atoms with van der Waals surface area (Å²) < 4.78 is 0. The minimum Gasteiger partial charge on any atom is -0.351 e. The van der Waals surface area contributed by atoms with Gasteiger partial charge >= 0.3 is 0 Å². The van der Waals surface area contributed by atoms with Crippen LogP contribution in [0.4, 0.5) is 5.69 Å². The Morgan fingerprint density at radius 3 is 2.39 bits per heavy atom. The molecule has 0 radical (unpaired) electrons. The Labute approximate surface area is 214 Å². The molecule has 172 valence electrons. The lowest BCUT2D eigenvalue weighted by Crippen LogP contribution is -2.44. The number of nitriles is 2. The predicted molar refractivity (Wildman–Crippen MR) is 142 cm³/mol. The van der Waals surface area contributed by atoms with E-state index in [0.29, 0.717) is 10.6 Å². The van der Waals surface area contributed by atoms with Gasteiger partial charge in [0.1, 0.15) is 6.04 Å². The van der Waals surface area contributed by atoms with Crippen LogP contribution in [0.25, 0.3) is 16.8 Å². The molecule has 4 nitrogen and oxygen atoms in total. The summed E-state index contributed by atoms with van der Waals surface area (Å²) in [5.74, 6) is -0.815. The number of ketones is 1. The first-order valence-corrected chi connectivity index (χ1v) is 12.1. The van der Waals surface area contributed by atoms with Crippen molar-refractivity contribution in [3.05, 3.63) is 119 Å². The van der Waals surface area contributed by atoms with E-state index in [1.807, 2.05) is 89.8 Å². The van der Waals surface area contributed by atoms with E-state index >= 15 is 0 Å². The van der Waals surface area contributed by atoms with Crippen LogP contribution in [-0.4, -0.2) is 17.9 Å². The highest BCUT2D eigenvalue weighted by molar-refractivity contribution is 6.30. The van der Waals surface area contributed by atoms with Gasteiger partial charge in [0.15, 0.2) is 11.2 Å². The van der Waals surface area contributed by atoms with Gasteiger partial charge in [0, 0.05) is 22.2 Å². The molecule has 0 bridgehead atoms. The largest absolute Gasteiger partial charge is 0.351 e. The predicted octanol–water partition coefficient (Wildman–Crippen LogP) is 6.78. The van der Waals surface area contributed by atoms with E-state index < -0.39 is 23.4 Å². The number of benzene rings is 4. The van der Waals surface area contributed by atoms with Gasteiger partial charge in [-0.3, -0.25) is 4.79 Å². The maximum atomic E-state index is 14.3. The standard InChI is InChI=1S/C31H20ClN3O/c32-23-14-15-26-22(17-23)13-16-27-31(18-33,19-34)28(25-12-6-10-20-7-4-5-11-24(20)25)29(35(26)27)30(36)21-8-2-1-3-9-21/h1-17,27-29H/t27-,28-,29+/m0/s1. The van der Waals surface area contributed by atoms with Crippen LogP contribution >= 0.6 is 11.6 Å². The fraction of sp³-hybridized carbons (Fsp3) is 0.129. The highest BCUT2D eigenvalue weighted by Gasteiger charge is 2.63. The molecule has 1 fully saturated rings. The van der Waals surface area contributed by atoms with Crippen molar-refractivity contribution in [3.63, 3.8) is 0 Å². The lowest BCUT2D eigenvalue weighted by Gasteiger charge is -2.35. The smallest absolute Gasteiger partial charge is 0.185 e. The van der Waals surface area contributed by atoms with Gasteiger partial charge in [-0.25, -0.2) is 0 Å². The van der Waals surface area contributed by atoms with E-state index in [9.17, 15) is 15.3 Å². The molecule has 0 aliphatic carbocycles. The molecule has 4 aromatic rings. The van der Waals surface area contributed by atoms with Crippen LogP contribution in [0, 0.1) is 28.1 Å². The third-order valence-electron chi connectivity index (χ3n) is 7.45. The van der Waals surface area contributed by atoms with Gasteiger partial charge in [-0.2, -0.15) is 10.5 Å². The maximum absolute atomic E-state index is 14.3. The second kappa shape index (κ2) is 8.38. The number of carbonyl (C=O) groups is 1. The zero-order valence-electron chi connectivity index (χ0n) is 19.2. The Bertz CT molecular complexity index is 1610. The molecular weight excluding hydrogens is 466 g/mol. The number of nitrogens with zero attached hydrogens (tertiary/aromatic N) is 3. The first-order chi connectivity index (χ1) is 17.6. The number of carbonyl (C=O) groups excluding carboxylic acids is 1. The molecule has 36 heavy (non-hydrogen) atoms. The van der Waals surface area contributed by atoms with Crippen LogP contribution in [0.3, 0.4) is 0 Å². The summed E-state index contributed by atoms with van der Waals surface area (Å²) >= 11 is 6.29. The number of fused-ring (bicyclic) bond motifs is 4. The Balaban J connectivity index is 1.68. The van der Waals surface area contributed by atoms with E-state index in [1.54, 1.807) is 18.2 Å². The van der Waals surface area contributed by atoms with Crippen LogP contribution in [-0.2, 0) is 0 Å². The van der Waals surface area contributed by atoms with Gasteiger partial charge in [-0.15, -0.1) is 0 Å². The third-order valence-corrected chi connectivity index (χ3v) is 7.69. The average molecular weight is 486 g/mol. The highest BCUT2D eigenvalue weighted by Crippen LogP contribution is 2.56. The fourth-order valence-electron chi connectivity index (χ4n) is 5.90. The van der Waals surface area contributed by atoms with Gasteiger partial charge in [0.25, 0.3) is 0 Å². The van der Waals surface area contributed by atoms with Crippen LogP contribution in [0.15, 0.2) is 97.1 Å². The molecule has 2 aliphatic heterocycles. The Morgan fingerprint density at radius 2 is 1.61 bits per heavy atom. The molecule has 5 heteroatoms. The molecular formula is C31H20ClN3O. The van der Waals surface area contributed by atoms with Crippen molar-refractivity contribution in [1.29, 1.82) is 10.5 Å². The minimum atomic E-state index is -1.49. The molecule has 0 unspecified atom stereocenters. The van der Waals surface area contributed by atoms with Crippen LogP contribution in [0.1, 0.15) is 27.4 Å². The normalized spacial score (nSPS) is 21.3. The van der Waals surface area contributed by atoms with Crippen molar-refractivity contribution in [2.45, 2.75) is 18.0 Å². The van der Waals surface area contributed by atoms with E-state index in [4.69, 9.17) is 11.6 Å². The van der Waals surface area contributed by atoms with Gasteiger partial charge < -0.3 is 4.90 Å². The van der Waals surface area contributed by atoms with E-state index in [-0.39, 0.29) is 5.78 Å². The maximum Gasteiger partial charge on any atom is 0.185 e. The number of rotatable bonds is 3. The number of hydrogen-bond donors (Lipinski definition) is 0. The molecule has 2 aliphatic rings. The van der Waals surface area contributed by atoms with Crippen molar-refractivity contribution in [3.8, 4) is 12.1 Å². The molecule has 4 aromatic carbocycles. The summed E-state index contributed by atoms with van der Waals surface area (Å²) in [6.45, 7) is 0. The molecule has 0 saturated carbocycles. The summed E-state index contributed by atoms with van der Waals surface area (Å²) in [4.78, 5) is 16.3. The molecule has 0 spiro atoms. The number of anilines is 1. The zero-order chi connectivity index (χ0) is 24.9. The molecule has 6 rings (SSSR count).